The quantitative estimate of drug-likeness (QED) is 0.697. The molecule has 1 amide bonds. The van der Waals surface area contributed by atoms with Crippen LogP contribution in [0.15, 0.2) is 28.7 Å². The lowest BCUT2D eigenvalue weighted by Gasteiger charge is -2.64. The van der Waals surface area contributed by atoms with Gasteiger partial charge in [-0.1, -0.05) is 48.8 Å². The van der Waals surface area contributed by atoms with Crippen molar-refractivity contribution < 1.29 is 4.79 Å². The molecule has 4 rings (SSSR count). The minimum Gasteiger partial charge on any atom is -0.325 e. The van der Waals surface area contributed by atoms with E-state index in [1.807, 2.05) is 24.3 Å². The molecule has 0 heterocycles. The van der Waals surface area contributed by atoms with Gasteiger partial charge in [0.1, 0.15) is 0 Å². The lowest BCUT2D eigenvalue weighted by Crippen LogP contribution is -2.68. The summed E-state index contributed by atoms with van der Waals surface area (Å²) in [6, 6.07) is 7.77. The maximum atomic E-state index is 12.9. The van der Waals surface area contributed by atoms with Crippen LogP contribution in [-0.2, 0) is 4.79 Å². The number of para-hydroxylation sites is 1. The van der Waals surface area contributed by atoms with Crippen molar-refractivity contribution in [3.05, 3.63) is 28.7 Å². The number of halogens is 2. The molecule has 4 heteroatoms. The molecule has 3 aliphatic carbocycles. The van der Waals surface area contributed by atoms with Crippen LogP contribution in [-0.4, -0.2) is 10.7 Å². The summed E-state index contributed by atoms with van der Waals surface area (Å²) in [6.45, 7) is 6.76. The van der Waals surface area contributed by atoms with Crippen molar-refractivity contribution >= 4 is 43.5 Å². The van der Waals surface area contributed by atoms with Gasteiger partial charge in [-0.15, -0.1) is 0 Å². The van der Waals surface area contributed by atoms with Gasteiger partial charge in [-0.2, -0.15) is 0 Å². The number of fused-ring (bicyclic) bond motifs is 1. The molecule has 0 unspecified atom stereocenters. The molecule has 108 valence electrons. The smallest absolute Gasteiger partial charge is 0.232 e. The zero-order valence-electron chi connectivity index (χ0n) is 12.0. The van der Waals surface area contributed by atoms with Gasteiger partial charge >= 0.3 is 0 Å². The monoisotopic (exact) mass is 399 g/mol. The number of hydrogen-bond acceptors (Lipinski definition) is 1. The van der Waals surface area contributed by atoms with E-state index in [1.54, 1.807) is 0 Å². The average molecular weight is 401 g/mol. The number of carbonyl (C=O) groups excluding carboxylic acids is 1. The second-order valence-electron chi connectivity index (χ2n) is 6.81. The molecule has 0 aromatic heterocycles. The molecule has 0 spiro atoms. The van der Waals surface area contributed by atoms with Crippen LogP contribution in [0.3, 0.4) is 0 Å². The van der Waals surface area contributed by atoms with Crippen molar-refractivity contribution in [3.8, 4) is 0 Å². The van der Waals surface area contributed by atoms with Gasteiger partial charge in [0.25, 0.3) is 0 Å². The number of rotatable bonds is 2. The Labute approximate surface area is 137 Å². The molecule has 3 fully saturated rings. The molecular formula is C16H19Br2NO. The summed E-state index contributed by atoms with van der Waals surface area (Å²) < 4.78 is 0.925. The Morgan fingerprint density at radius 2 is 1.90 bits per heavy atom. The third kappa shape index (κ3) is 1.47. The van der Waals surface area contributed by atoms with E-state index < -0.39 is 0 Å². The van der Waals surface area contributed by atoms with E-state index in [-0.39, 0.29) is 27.0 Å². The Bertz CT molecular complexity index is 586. The SMILES string of the molecule is CC1(C)[C@@]2(C)CC[C@]1(C(=O)Nc1ccccc1Br)[C@@H]2Br. The largest absolute Gasteiger partial charge is 0.325 e. The molecular weight excluding hydrogens is 382 g/mol. The Hall–Kier alpha value is -0.350. The van der Waals surface area contributed by atoms with Gasteiger partial charge in [-0.3, -0.25) is 4.79 Å². The maximum Gasteiger partial charge on any atom is 0.232 e. The lowest BCUT2D eigenvalue weighted by atomic mass is 9.43. The maximum absolute atomic E-state index is 12.9. The first-order valence-corrected chi connectivity index (χ1v) is 8.68. The van der Waals surface area contributed by atoms with E-state index in [9.17, 15) is 4.79 Å². The summed E-state index contributed by atoms with van der Waals surface area (Å²) >= 11 is 7.29. The topological polar surface area (TPSA) is 29.1 Å². The summed E-state index contributed by atoms with van der Waals surface area (Å²) in [5.74, 6) is 0.145. The molecule has 2 bridgehead atoms. The molecule has 3 saturated carbocycles. The zero-order valence-corrected chi connectivity index (χ0v) is 15.1. The van der Waals surface area contributed by atoms with E-state index in [0.717, 1.165) is 23.0 Å². The standard InChI is InChI=1S/C16H19Br2NO/c1-14(2)15(3)8-9-16(14,12(15)18)13(20)19-11-7-5-4-6-10(11)17/h4-7,12H,8-9H2,1-3H3,(H,19,20)/t12-,15+,16-/m1/s1. The molecule has 2 nitrogen and oxygen atoms in total. The van der Waals surface area contributed by atoms with E-state index >= 15 is 0 Å². The molecule has 3 aliphatic rings. The first-order chi connectivity index (χ1) is 9.27. The molecule has 3 atom stereocenters. The van der Waals surface area contributed by atoms with Crippen molar-refractivity contribution in [1.82, 2.24) is 0 Å². The summed E-state index contributed by atoms with van der Waals surface area (Å²) in [4.78, 5) is 13.2. The molecule has 1 aromatic rings. The number of amides is 1. The van der Waals surface area contributed by atoms with Gasteiger partial charge in [0, 0.05) is 9.30 Å². The molecule has 0 aliphatic heterocycles. The van der Waals surface area contributed by atoms with Crippen LogP contribution >= 0.6 is 31.9 Å². The van der Waals surface area contributed by atoms with Crippen LogP contribution in [0.4, 0.5) is 5.69 Å². The summed E-state index contributed by atoms with van der Waals surface area (Å²) in [5.41, 5.74) is 0.803. The van der Waals surface area contributed by atoms with Gasteiger partial charge in [-0.25, -0.2) is 0 Å². The van der Waals surface area contributed by atoms with Crippen LogP contribution in [0.5, 0.6) is 0 Å². The summed E-state index contributed by atoms with van der Waals surface area (Å²) in [6.07, 6.45) is 2.07. The van der Waals surface area contributed by atoms with Gasteiger partial charge in [0.15, 0.2) is 0 Å². The highest BCUT2D eigenvalue weighted by Gasteiger charge is 2.80. The fourth-order valence-electron chi connectivity index (χ4n) is 4.25. The van der Waals surface area contributed by atoms with Crippen molar-refractivity contribution in [2.45, 2.75) is 38.4 Å². The third-order valence-corrected chi connectivity index (χ3v) is 8.58. The third-order valence-electron chi connectivity index (χ3n) is 6.10. The van der Waals surface area contributed by atoms with E-state index in [2.05, 4.69) is 57.9 Å². The average Bonchev–Trinajstić information content (AvgIpc) is 2.80. The number of carbonyl (C=O) groups is 1. The predicted molar refractivity (Wildman–Crippen MR) is 89.0 cm³/mol. The second kappa shape index (κ2) is 4.33. The summed E-state index contributed by atoms with van der Waals surface area (Å²) in [7, 11) is 0. The van der Waals surface area contributed by atoms with Crippen LogP contribution in [0.25, 0.3) is 0 Å². The van der Waals surface area contributed by atoms with Gasteiger partial charge < -0.3 is 5.32 Å². The van der Waals surface area contributed by atoms with Crippen LogP contribution < -0.4 is 5.32 Å². The van der Waals surface area contributed by atoms with Crippen LogP contribution in [0.2, 0.25) is 0 Å². The van der Waals surface area contributed by atoms with Crippen molar-refractivity contribution in [3.63, 3.8) is 0 Å². The Morgan fingerprint density at radius 1 is 1.25 bits per heavy atom. The highest BCUT2D eigenvalue weighted by Crippen LogP contribution is 2.79. The lowest BCUT2D eigenvalue weighted by molar-refractivity contribution is -0.156. The Morgan fingerprint density at radius 3 is 2.40 bits per heavy atom. The number of hydrogen-bond donors (Lipinski definition) is 1. The summed E-state index contributed by atoms with van der Waals surface area (Å²) in [5, 5.41) is 3.12. The molecule has 0 saturated heterocycles. The zero-order chi connectivity index (χ0) is 14.8. The van der Waals surface area contributed by atoms with Crippen molar-refractivity contribution in [2.75, 3.05) is 5.32 Å². The van der Waals surface area contributed by atoms with Crippen LogP contribution in [0.1, 0.15) is 33.6 Å². The van der Waals surface area contributed by atoms with Crippen molar-refractivity contribution in [2.24, 2.45) is 16.2 Å². The van der Waals surface area contributed by atoms with Gasteiger partial charge in [-0.05, 0) is 51.7 Å². The van der Waals surface area contributed by atoms with Crippen LogP contribution in [0, 0.1) is 16.2 Å². The van der Waals surface area contributed by atoms with E-state index in [4.69, 9.17) is 0 Å². The number of benzene rings is 1. The normalized spacial score (nSPS) is 37.4. The number of anilines is 1. The number of nitrogens with one attached hydrogen (secondary N) is 1. The first-order valence-electron chi connectivity index (χ1n) is 6.97. The highest BCUT2D eigenvalue weighted by atomic mass is 79.9. The Kier molecular flexibility index (Phi) is 3.15. The highest BCUT2D eigenvalue weighted by molar-refractivity contribution is 9.10. The fourth-order valence-corrected chi connectivity index (χ4v) is 6.45. The van der Waals surface area contributed by atoms with Gasteiger partial charge in [0.2, 0.25) is 5.91 Å². The van der Waals surface area contributed by atoms with E-state index in [1.165, 1.54) is 0 Å². The minimum atomic E-state index is -0.295. The minimum absolute atomic E-state index is 0.0273. The van der Waals surface area contributed by atoms with Crippen molar-refractivity contribution in [1.29, 1.82) is 0 Å². The predicted octanol–water partition coefficient (Wildman–Crippen LogP) is 4.98. The molecule has 20 heavy (non-hydrogen) atoms. The molecule has 1 N–H and O–H groups in total. The molecule has 1 aromatic carbocycles. The number of alkyl halides is 1. The first kappa shape index (κ1) is 14.6. The van der Waals surface area contributed by atoms with E-state index in [0.29, 0.717) is 0 Å². The second-order valence-corrected chi connectivity index (χ2v) is 8.58. The Balaban J connectivity index is 1.91. The fraction of sp³-hybridized carbons (Fsp3) is 0.562. The molecule has 0 radical (unpaired) electrons. The van der Waals surface area contributed by atoms with Gasteiger partial charge in [0.05, 0.1) is 11.1 Å².